The zero-order chi connectivity index (χ0) is 9.56. The zero-order valence-corrected chi connectivity index (χ0v) is 8.39. The first-order valence-corrected chi connectivity index (χ1v) is 4.43. The molecule has 0 amide bonds. The third-order valence-corrected chi connectivity index (χ3v) is 1.99. The molecule has 0 saturated carbocycles. The number of esters is 1. The van der Waals surface area contributed by atoms with Gasteiger partial charge >= 0.3 is 5.97 Å². The van der Waals surface area contributed by atoms with Gasteiger partial charge in [-0.2, -0.15) is 0 Å². The first-order valence-electron chi connectivity index (χ1n) is 4.43. The highest BCUT2D eigenvalue weighted by Crippen LogP contribution is 1.97. The van der Waals surface area contributed by atoms with Crippen LogP contribution < -0.4 is 5.32 Å². The van der Waals surface area contributed by atoms with Crippen molar-refractivity contribution in [1.29, 1.82) is 0 Å². The number of hydrogen-bond donors (Lipinski definition) is 1. The van der Waals surface area contributed by atoms with Crippen LogP contribution in [0.5, 0.6) is 0 Å². The Morgan fingerprint density at radius 1 is 1.50 bits per heavy atom. The number of hydrogen-bond acceptors (Lipinski definition) is 3. The van der Waals surface area contributed by atoms with E-state index in [1.54, 1.807) is 0 Å². The van der Waals surface area contributed by atoms with Crippen molar-refractivity contribution in [3.63, 3.8) is 0 Å². The van der Waals surface area contributed by atoms with Gasteiger partial charge in [-0.05, 0) is 13.3 Å². The molecule has 72 valence electrons. The molecule has 3 nitrogen and oxygen atoms in total. The molecule has 3 heteroatoms. The average Bonchev–Trinajstić information content (AvgIpc) is 2.11. The van der Waals surface area contributed by atoms with Crippen LogP contribution in [0.1, 0.15) is 27.2 Å². The molecule has 0 rings (SSSR count). The maximum absolute atomic E-state index is 11.0. The monoisotopic (exact) mass is 173 g/mol. The lowest BCUT2D eigenvalue weighted by Gasteiger charge is -2.14. The quantitative estimate of drug-likeness (QED) is 0.634. The predicted molar refractivity (Wildman–Crippen MR) is 48.9 cm³/mol. The van der Waals surface area contributed by atoms with Crippen molar-refractivity contribution < 1.29 is 9.53 Å². The fraction of sp³-hybridized carbons (Fsp3) is 0.889. The molecule has 0 fully saturated rings. The SMILES string of the molecule is CCC(C)NCC(C)C(=O)OC. The summed E-state index contributed by atoms with van der Waals surface area (Å²) < 4.78 is 4.60. The van der Waals surface area contributed by atoms with Gasteiger partial charge in [0, 0.05) is 12.6 Å². The zero-order valence-electron chi connectivity index (χ0n) is 8.39. The van der Waals surface area contributed by atoms with Gasteiger partial charge in [-0.3, -0.25) is 4.79 Å². The third-order valence-electron chi connectivity index (χ3n) is 1.99. The van der Waals surface area contributed by atoms with Crippen molar-refractivity contribution in [2.45, 2.75) is 33.2 Å². The lowest BCUT2D eigenvalue weighted by Crippen LogP contribution is -2.33. The Balaban J connectivity index is 3.56. The van der Waals surface area contributed by atoms with E-state index in [-0.39, 0.29) is 11.9 Å². The minimum atomic E-state index is -0.147. The van der Waals surface area contributed by atoms with Crippen molar-refractivity contribution in [2.24, 2.45) is 5.92 Å². The number of methoxy groups -OCH3 is 1. The molecule has 0 heterocycles. The van der Waals surface area contributed by atoms with Gasteiger partial charge in [0.1, 0.15) is 0 Å². The summed E-state index contributed by atoms with van der Waals surface area (Å²) in [4.78, 5) is 11.0. The third kappa shape index (κ3) is 4.34. The van der Waals surface area contributed by atoms with Crippen LogP contribution in [0.15, 0.2) is 0 Å². The van der Waals surface area contributed by atoms with E-state index >= 15 is 0 Å². The Labute approximate surface area is 74.5 Å². The molecule has 2 atom stereocenters. The van der Waals surface area contributed by atoms with Crippen molar-refractivity contribution in [1.82, 2.24) is 5.32 Å². The van der Waals surface area contributed by atoms with Crippen molar-refractivity contribution >= 4 is 5.97 Å². The Hall–Kier alpha value is -0.570. The molecule has 0 aliphatic heterocycles. The van der Waals surface area contributed by atoms with Gasteiger partial charge < -0.3 is 10.1 Å². The van der Waals surface area contributed by atoms with E-state index in [9.17, 15) is 4.79 Å². The summed E-state index contributed by atoms with van der Waals surface area (Å²) in [5.74, 6) is -0.199. The van der Waals surface area contributed by atoms with Gasteiger partial charge in [-0.1, -0.05) is 13.8 Å². The molecule has 12 heavy (non-hydrogen) atoms. The molecule has 0 saturated heterocycles. The first-order chi connectivity index (χ1) is 5.61. The van der Waals surface area contributed by atoms with E-state index in [0.29, 0.717) is 12.6 Å². The normalized spacial score (nSPS) is 15.3. The summed E-state index contributed by atoms with van der Waals surface area (Å²) in [6.07, 6.45) is 1.08. The molecule has 1 N–H and O–H groups in total. The molecular formula is C9H19NO2. The van der Waals surface area contributed by atoms with E-state index in [1.807, 2.05) is 6.92 Å². The van der Waals surface area contributed by atoms with Crippen LogP contribution in [0.3, 0.4) is 0 Å². The van der Waals surface area contributed by atoms with Crippen LogP contribution in [-0.2, 0) is 9.53 Å². The molecule has 0 radical (unpaired) electrons. The lowest BCUT2D eigenvalue weighted by molar-refractivity contribution is -0.144. The van der Waals surface area contributed by atoms with Crippen molar-refractivity contribution in [3.8, 4) is 0 Å². The summed E-state index contributed by atoms with van der Waals surface area (Å²) >= 11 is 0. The molecule has 0 spiro atoms. The molecule has 0 aromatic carbocycles. The maximum atomic E-state index is 11.0. The summed E-state index contributed by atoms with van der Waals surface area (Å²) in [7, 11) is 1.42. The predicted octanol–water partition coefficient (Wildman–Crippen LogP) is 1.18. The van der Waals surface area contributed by atoms with Gasteiger partial charge in [-0.15, -0.1) is 0 Å². The van der Waals surface area contributed by atoms with Crippen LogP contribution in [0.2, 0.25) is 0 Å². The van der Waals surface area contributed by atoms with E-state index in [0.717, 1.165) is 6.42 Å². The van der Waals surface area contributed by atoms with Gasteiger partial charge in [0.05, 0.1) is 13.0 Å². The Morgan fingerprint density at radius 3 is 2.50 bits per heavy atom. The standard InChI is InChI=1S/C9H19NO2/c1-5-8(3)10-6-7(2)9(11)12-4/h7-8,10H,5-6H2,1-4H3. The number of carbonyl (C=O) groups excluding carboxylic acids is 1. The second-order valence-corrected chi connectivity index (χ2v) is 3.14. The van der Waals surface area contributed by atoms with Crippen LogP contribution in [0.25, 0.3) is 0 Å². The number of ether oxygens (including phenoxy) is 1. The highest BCUT2D eigenvalue weighted by atomic mass is 16.5. The number of rotatable bonds is 5. The van der Waals surface area contributed by atoms with Crippen LogP contribution in [0.4, 0.5) is 0 Å². The lowest BCUT2D eigenvalue weighted by atomic mass is 10.1. The Kier molecular flexibility index (Phi) is 5.72. The second-order valence-electron chi connectivity index (χ2n) is 3.14. The minimum absolute atomic E-state index is 0.0519. The highest BCUT2D eigenvalue weighted by Gasteiger charge is 2.12. The van der Waals surface area contributed by atoms with Crippen LogP contribution >= 0.6 is 0 Å². The molecule has 0 bridgehead atoms. The molecule has 0 aromatic heterocycles. The van der Waals surface area contributed by atoms with Crippen LogP contribution in [-0.4, -0.2) is 25.7 Å². The number of nitrogens with one attached hydrogen (secondary N) is 1. The average molecular weight is 173 g/mol. The summed E-state index contributed by atoms with van der Waals surface area (Å²) in [5.41, 5.74) is 0. The largest absolute Gasteiger partial charge is 0.469 e. The molecule has 0 aliphatic rings. The summed E-state index contributed by atoms with van der Waals surface area (Å²) in [5, 5.41) is 3.25. The molecule has 0 aliphatic carbocycles. The van der Waals surface area contributed by atoms with E-state index < -0.39 is 0 Å². The van der Waals surface area contributed by atoms with E-state index in [1.165, 1.54) is 7.11 Å². The minimum Gasteiger partial charge on any atom is -0.469 e. The highest BCUT2D eigenvalue weighted by molar-refractivity contribution is 5.71. The van der Waals surface area contributed by atoms with E-state index in [4.69, 9.17) is 0 Å². The molecule has 2 unspecified atom stereocenters. The number of carbonyl (C=O) groups is 1. The van der Waals surface area contributed by atoms with Gasteiger partial charge in [0.25, 0.3) is 0 Å². The first kappa shape index (κ1) is 11.4. The van der Waals surface area contributed by atoms with Gasteiger partial charge in [0.2, 0.25) is 0 Å². The van der Waals surface area contributed by atoms with Crippen LogP contribution in [0, 0.1) is 5.92 Å². The van der Waals surface area contributed by atoms with Gasteiger partial charge in [-0.25, -0.2) is 0 Å². The fourth-order valence-electron chi connectivity index (χ4n) is 0.807. The van der Waals surface area contributed by atoms with Crippen molar-refractivity contribution in [3.05, 3.63) is 0 Å². The fourth-order valence-corrected chi connectivity index (χ4v) is 0.807. The van der Waals surface area contributed by atoms with E-state index in [2.05, 4.69) is 23.9 Å². The molecule has 0 aromatic rings. The maximum Gasteiger partial charge on any atom is 0.309 e. The smallest absolute Gasteiger partial charge is 0.309 e. The van der Waals surface area contributed by atoms with Gasteiger partial charge in [0.15, 0.2) is 0 Å². The second kappa shape index (κ2) is 6.00. The summed E-state index contributed by atoms with van der Waals surface area (Å²) in [6.45, 7) is 6.77. The van der Waals surface area contributed by atoms with Crippen molar-refractivity contribution in [2.75, 3.05) is 13.7 Å². The summed E-state index contributed by atoms with van der Waals surface area (Å²) in [6, 6.07) is 0.470. The Bertz CT molecular complexity index is 136. The Morgan fingerprint density at radius 2 is 2.08 bits per heavy atom. The molecular weight excluding hydrogens is 154 g/mol. The topological polar surface area (TPSA) is 38.3 Å².